The molecule has 0 spiro atoms. The Labute approximate surface area is 206 Å². The van der Waals surface area contributed by atoms with Crippen molar-refractivity contribution >= 4 is 23.0 Å². The van der Waals surface area contributed by atoms with Gasteiger partial charge in [-0.25, -0.2) is 0 Å². The van der Waals surface area contributed by atoms with Crippen LogP contribution in [-0.2, 0) is 11.4 Å². The predicted octanol–water partition coefficient (Wildman–Crippen LogP) is 4.31. The molecule has 0 radical (unpaired) electrons. The van der Waals surface area contributed by atoms with E-state index in [-0.39, 0.29) is 39.7 Å². The second-order valence-electron chi connectivity index (χ2n) is 9.75. The van der Waals surface area contributed by atoms with E-state index in [9.17, 15) is 25.2 Å². The van der Waals surface area contributed by atoms with Crippen molar-refractivity contribution < 1.29 is 25.2 Å². The summed E-state index contributed by atoms with van der Waals surface area (Å²) in [6.07, 6.45) is 7.59. The fraction of sp³-hybridized carbons (Fsp3) is 0.462. The van der Waals surface area contributed by atoms with Gasteiger partial charge in [0, 0.05) is 11.1 Å². The zero-order valence-electron chi connectivity index (χ0n) is 20.9. The summed E-state index contributed by atoms with van der Waals surface area (Å²) in [5.41, 5.74) is 11.6. The Balaban J connectivity index is 2.54. The van der Waals surface area contributed by atoms with E-state index in [2.05, 4.69) is 33.0 Å². The zero-order valence-corrected chi connectivity index (χ0v) is 20.9. The maximum atomic E-state index is 11.6. The maximum absolute atomic E-state index is 11.6. The Morgan fingerprint density at radius 1 is 1.11 bits per heavy atom. The molecule has 0 aliphatic heterocycles. The van der Waals surface area contributed by atoms with Crippen LogP contribution < -0.4 is 16.8 Å². The van der Waals surface area contributed by atoms with E-state index in [0.717, 1.165) is 25.7 Å². The van der Waals surface area contributed by atoms with E-state index in [1.165, 1.54) is 18.2 Å². The average Bonchev–Trinajstić information content (AvgIpc) is 2.77. The topological polar surface area (TPSA) is 186 Å². The van der Waals surface area contributed by atoms with E-state index in [1.54, 1.807) is 0 Å². The normalized spacial score (nSPS) is 16.0. The Kier molecular flexibility index (Phi) is 9.36. The van der Waals surface area contributed by atoms with E-state index < -0.39 is 29.9 Å². The zero-order chi connectivity index (χ0) is 26.4. The third kappa shape index (κ3) is 6.36. The summed E-state index contributed by atoms with van der Waals surface area (Å²) < 4.78 is 0. The number of anilines is 2. The fourth-order valence-electron chi connectivity index (χ4n) is 4.41. The van der Waals surface area contributed by atoms with E-state index in [1.807, 2.05) is 0 Å². The number of hydrogen-bond donors (Lipinski definition) is 8. The second kappa shape index (κ2) is 11.8. The van der Waals surface area contributed by atoms with Crippen molar-refractivity contribution in [3.05, 3.63) is 46.4 Å². The lowest BCUT2D eigenvalue weighted by atomic mass is 9.82. The van der Waals surface area contributed by atoms with Gasteiger partial charge >= 0.3 is 0 Å². The van der Waals surface area contributed by atoms with Crippen molar-refractivity contribution in [2.75, 3.05) is 11.1 Å². The summed E-state index contributed by atoms with van der Waals surface area (Å²) >= 11 is 0. The van der Waals surface area contributed by atoms with Crippen LogP contribution in [0.4, 0.5) is 11.4 Å². The third-order valence-corrected chi connectivity index (χ3v) is 6.12. The molecule has 0 saturated carbocycles. The van der Waals surface area contributed by atoms with Gasteiger partial charge < -0.3 is 37.2 Å². The van der Waals surface area contributed by atoms with Crippen molar-refractivity contribution in [3.63, 3.8) is 0 Å². The Bertz CT molecular complexity index is 1070. The van der Waals surface area contributed by atoms with E-state index >= 15 is 0 Å². The van der Waals surface area contributed by atoms with Crippen LogP contribution in [0.1, 0.15) is 70.4 Å². The summed E-state index contributed by atoms with van der Waals surface area (Å²) in [7, 11) is 0. The molecule has 1 aromatic carbocycles. The largest absolute Gasteiger partial charge is 0.504 e. The molecule has 0 fully saturated rings. The van der Waals surface area contributed by atoms with Gasteiger partial charge in [-0.05, 0) is 42.7 Å². The van der Waals surface area contributed by atoms with Gasteiger partial charge in [-0.2, -0.15) is 0 Å². The number of carbonyl (C=O) groups is 1. The standard InChI is InChI=1S/C26H38N4O5/c1-13(2)7-5-8-15(11-14(3)4)19-18(12-31)21(28)22(24(33)23(19)32)30-26(35)17-10-6-9-16(20(17)27)25(29)34/h6,9-10,13-15,27,30-33,35H,5,7-8,11-12,28H2,1-4H3,(H2,29,34)/b26-17+,27-20?. The Morgan fingerprint density at radius 3 is 2.31 bits per heavy atom. The van der Waals surface area contributed by atoms with Gasteiger partial charge in [0.15, 0.2) is 17.4 Å². The summed E-state index contributed by atoms with van der Waals surface area (Å²) in [6, 6.07) is 0. The number of amides is 1. The van der Waals surface area contributed by atoms with Crippen LogP contribution in [0, 0.1) is 17.2 Å². The number of aromatic hydroxyl groups is 2. The maximum Gasteiger partial charge on any atom is 0.250 e. The molecular weight excluding hydrogens is 448 g/mol. The number of hydrogen-bond acceptors (Lipinski definition) is 8. The molecule has 0 heterocycles. The molecule has 35 heavy (non-hydrogen) atoms. The number of carbonyl (C=O) groups excluding carboxylic acids is 1. The van der Waals surface area contributed by atoms with Gasteiger partial charge in [-0.15, -0.1) is 0 Å². The van der Waals surface area contributed by atoms with Crippen LogP contribution >= 0.6 is 0 Å². The first kappa shape index (κ1) is 27.8. The van der Waals surface area contributed by atoms with Crippen LogP contribution in [0.3, 0.4) is 0 Å². The molecule has 9 nitrogen and oxygen atoms in total. The van der Waals surface area contributed by atoms with Gasteiger partial charge in [-0.1, -0.05) is 46.6 Å². The molecule has 192 valence electrons. The van der Waals surface area contributed by atoms with Gasteiger partial charge in [-0.3, -0.25) is 10.2 Å². The number of nitrogen functional groups attached to an aromatic ring is 1. The van der Waals surface area contributed by atoms with Gasteiger partial charge in [0.1, 0.15) is 5.69 Å². The first-order valence-corrected chi connectivity index (χ1v) is 11.8. The number of rotatable bonds is 11. The average molecular weight is 487 g/mol. The molecule has 0 bridgehead atoms. The highest BCUT2D eigenvalue weighted by Gasteiger charge is 2.29. The van der Waals surface area contributed by atoms with Crippen LogP contribution in [0.25, 0.3) is 0 Å². The smallest absolute Gasteiger partial charge is 0.250 e. The number of primary amides is 1. The molecule has 1 aromatic rings. The molecule has 2 rings (SSSR count). The second-order valence-corrected chi connectivity index (χ2v) is 9.75. The van der Waals surface area contributed by atoms with Crippen LogP contribution in [0.5, 0.6) is 11.5 Å². The van der Waals surface area contributed by atoms with E-state index in [4.69, 9.17) is 16.9 Å². The molecule has 1 aliphatic carbocycles. The molecule has 0 aromatic heterocycles. The number of allylic oxidation sites excluding steroid dienone is 4. The number of aliphatic hydroxyl groups is 2. The number of phenolic OH excluding ortho intramolecular Hbond substituents is 2. The minimum atomic E-state index is -0.828. The lowest BCUT2D eigenvalue weighted by Crippen LogP contribution is -2.24. The number of phenols is 2. The van der Waals surface area contributed by atoms with Gasteiger partial charge in [0.05, 0.1) is 29.2 Å². The van der Waals surface area contributed by atoms with E-state index in [0.29, 0.717) is 17.4 Å². The third-order valence-electron chi connectivity index (χ3n) is 6.12. The first-order chi connectivity index (χ1) is 16.4. The fourth-order valence-corrected chi connectivity index (χ4v) is 4.41. The number of benzene rings is 1. The van der Waals surface area contributed by atoms with Crippen LogP contribution in [-0.4, -0.2) is 32.0 Å². The van der Waals surface area contributed by atoms with Crippen LogP contribution in [0.2, 0.25) is 0 Å². The number of nitrogens with one attached hydrogen (secondary N) is 2. The molecule has 1 unspecified atom stereocenters. The summed E-state index contributed by atoms with van der Waals surface area (Å²) in [6.45, 7) is 7.93. The number of nitrogens with two attached hydrogens (primary N) is 2. The van der Waals surface area contributed by atoms with Crippen molar-refractivity contribution in [3.8, 4) is 11.5 Å². The molecule has 0 saturated heterocycles. The lowest BCUT2D eigenvalue weighted by Gasteiger charge is -2.26. The first-order valence-electron chi connectivity index (χ1n) is 11.8. The minimum Gasteiger partial charge on any atom is -0.504 e. The highest BCUT2D eigenvalue weighted by atomic mass is 16.3. The highest BCUT2D eigenvalue weighted by molar-refractivity contribution is 6.28. The minimum absolute atomic E-state index is 0.0282. The van der Waals surface area contributed by atoms with Crippen molar-refractivity contribution in [2.45, 2.75) is 65.9 Å². The van der Waals surface area contributed by atoms with Gasteiger partial charge in [0.2, 0.25) is 0 Å². The molecule has 1 aliphatic rings. The van der Waals surface area contributed by atoms with Crippen molar-refractivity contribution in [1.82, 2.24) is 0 Å². The number of aliphatic hydroxyl groups excluding tert-OH is 2. The Hall–Kier alpha value is -3.46. The molecule has 10 N–H and O–H groups in total. The summed E-state index contributed by atoms with van der Waals surface area (Å²) in [5, 5.41) is 53.4. The quantitative estimate of drug-likeness (QED) is 0.0990. The van der Waals surface area contributed by atoms with Crippen LogP contribution in [0.15, 0.2) is 35.3 Å². The van der Waals surface area contributed by atoms with Gasteiger partial charge in [0.25, 0.3) is 5.91 Å². The monoisotopic (exact) mass is 486 g/mol. The molecule has 1 atom stereocenters. The van der Waals surface area contributed by atoms with Crippen molar-refractivity contribution in [2.24, 2.45) is 17.6 Å². The Morgan fingerprint density at radius 2 is 1.77 bits per heavy atom. The SMILES string of the molecule is CC(C)CCCC(CC(C)C)c1c(O)c(O)c(N/C(O)=C2/C=CC=C(C(N)=O)C2=N)c(N)c1CO. The van der Waals surface area contributed by atoms with Crippen molar-refractivity contribution in [1.29, 1.82) is 5.41 Å². The molecule has 9 heteroatoms. The highest BCUT2D eigenvalue weighted by Crippen LogP contribution is 2.49. The molecule has 1 amide bonds. The molecular formula is C26H38N4O5. The lowest BCUT2D eigenvalue weighted by molar-refractivity contribution is -0.114. The summed E-state index contributed by atoms with van der Waals surface area (Å²) in [4.78, 5) is 11.6. The summed E-state index contributed by atoms with van der Waals surface area (Å²) in [5.74, 6) is -1.70. The predicted molar refractivity (Wildman–Crippen MR) is 138 cm³/mol.